The molecule has 0 aromatic rings. The lowest BCUT2D eigenvalue weighted by molar-refractivity contribution is 0.202. The Labute approximate surface area is 93.2 Å². The molecule has 0 radical (unpaired) electrons. The van der Waals surface area contributed by atoms with Gasteiger partial charge >= 0.3 is 6.03 Å². The van der Waals surface area contributed by atoms with Gasteiger partial charge in [-0.1, -0.05) is 32.6 Å². The highest BCUT2D eigenvalue weighted by molar-refractivity contribution is 5.73. The van der Waals surface area contributed by atoms with Crippen LogP contribution in [0.25, 0.3) is 0 Å². The lowest BCUT2D eigenvalue weighted by Crippen LogP contribution is -2.43. The lowest BCUT2D eigenvalue weighted by atomic mass is 9.83. The van der Waals surface area contributed by atoms with E-state index in [2.05, 4.69) is 12.2 Å². The number of hydrogen-bond acceptors (Lipinski definition) is 1. The van der Waals surface area contributed by atoms with Crippen molar-refractivity contribution in [3.63, 3.8) is 0 Å². The maximum Gasteiger partial charge on any atom is 0.317 e. The third-order valence-corrected chi connectivity index (χ3v) is 3.21. The summed E-state index contributed by atoms with van der Waals surface area (Å²) >= 11 is 0. The molecule has 0 heterocycles. The minimum atomic E-state index is 0.0529. The van der Waals surface area contributed by atoms with Gasteiger partial charge in [-0.2, -0.15) is 0 Å². The number of rotatable bonds is 3. The molecule has 2 unspecified atom stereocenters. The van der Waals surface area contributed by atoms with Crippen molar-refractivity contribution >= 4 is 6.03 Å². The fourth-order valence-electron chi connectivity index (χ4n) is 2.40. The van der Waals surface area contributed by atoms with E-state index in [1.165, 1.54) is 32.1 Å². The van der Waals surface area contributed by atoms with Crippen LogP contribution in [0.3, 0.4) is 0 Å². The zero-order chi connectivity index (χ0) is 11.3. The molecule has 0 spiro atoms. The monoisotopic (exact) mass is 212 g/mol. The van der Waals surface area contributed by atoms with Gasteiger partial charge in [0.05, 0.1) is 0 Å². The standard InChI is InChI=1S/C12H24N2O/c1-4-6-10-7-5-8-11(9-10)13-12(15)14(2)3/h10-11H,4-9H2,1-3H3,(H,13,15). The van der Waals surface area contributed by atoms with Crippen molar-refractivity contribution in [1.82, 2.24) is 10.2 Å². The fourth-order valence-corrected chi connectivity index (χ4v) is 2.40. The molecule has 3 nitrogen and oxygen atoms in total. The minimum Gasteiger partial charge on any atom is -0.335 e. The van der Waals surface area contributed by atoms with Crippen LogP contribution in [0.15, 0.2) is 0 Å². The van der Waals surface area contributed by atoms with E-state index in [9.17, 15) is 4.79 Å². The Bertz CT molecular complexity index is 202. The van der Waals surface area contributed by atoms with Crippen LogP contribution < -0.4 is 5.32 Å². The first-order valence-corrected chi connectivity index (χ1v) is 6.11. The van der Waals surface area contributed by atoms with Gasteiger partial charge in [-0.15, -0.1) is 0 Å². The molecule has 0 aliphatic heterocycles. The van der Waals surface area contributed by atoms with Crippen molar-refractivity contribution < 1.29 is 4.79 Å². The molecular weight excluding hydrogens is 188 g/mol. The summed E-state index contributed by atoms with van der Waals surface area (Å²) in [4.78, 5) is 13.1. The summed E-state index contributed by atoms with van der Waals surface area (Å²) in [5.74, 6) is 0.830. The normalized spacial score (nSPS) is 26.1. The van der Waals surface area contributed by atoms with Crippen molar-refractivity contribution in [2.45, 2.75) is 51.5 Å². The summed E-state index contributed by atoms with van der Waals surface area (Å²) in [6.07, 6.45) is 7.52. The molecule has 3 heteroatoms. The molecule has 15 heavy (non-hydrogen) atoms. The predicted octanol–water partition coefficient (Wildman–Crippen LogP) is 2.62. The summed E-state index contributed by atoms with van der Waals surface area (Å²) in [5, 5.41) is 3.09. The lowest BCUT2D eigenvalue weighted by Gasteiger charge is -2.30. The van der Waals surface area contributed by atoms with Crippen molar-refractivity contribution in [2.24, 2.45) is 5.92 Å². The molecule has 2 atom stereocenters. The number of carbonyl (C=O) groups is 1. The quantitative estimate of drug-likeness (QED) is 0.766. The predicted molar refractivity (Wildman–Crippen MR) is 62.9 cm³/mol. The second kappa shape index (κ2) is 5.99. The zero-order valence-corrected chi connectivity index (χ0v) is 10.3. The second-order valence-corrected chi connectivity index (χ2v) is 4.86. The summed E-state index contributed by atoms with van der Waals surface area (Å²) < 4.78 is 0. The van der Waals surface area contributed by atoms with E-state index in [0.717, 1.165) is 12.3 Å². The van der Waals surface area contributed by atoms with Crippen molar-refractivity contribution in [3.8, 4) is 0 Å². The van der Waals surface area contributed by atoms with E-state index >= 15 is 0 Å². The first-order chi connectivity index (χ1) is 7.13. The molecule has 1 fully saturated rings. The van der Waals surface area contributed by atoms with E-state index in [1.807, 2.05) is 0 Å². The van der Waals surface area contributed by atoms with Crippen molar-refractivity contribution in [3.05, 3.63) is 0 Å². The van der Waals surface area contributed by atoms with Gasteiger partial charge in [0.15, 0.2) is 0 Å². The van der Waals surface area contributed by atoms with Crippen LogP contribution in [0.1, 0.15) is 45.4 Å². The Hall–Kier alpha value is -0.730. The van der Waals surface area contributed by atoms with E-state index in [0.29, 0.717) is 6.04 Å². The molecule has 1 saturated carbocycles. The molecule has 2 amide bonds. The number of carbonyl (C=O) groups excluding carboxylic acids is 1. The van der Waals surface area contributed by atoms with Crippen LogP contribution in [0.2, 0.25) is 0 Å². The van der Waals surface area contributed by atoms with Gasteiger partial charge in [0.25, 0.3) is 0 Å². The molecule has 0 saturated heterocycles. The van der Waals surface area contributed by atoms with E-state index in [-0.39, 0.29) is 6.03 Å². The van der Waals surface area contributed by atoms with Gasteiger partial charge in [-0.25, -0.2) is 4.79 Å². The van der Waals surface area contributed by atoms with Crippen LogP contribution in [0, 0.1) is 5.92 Å². The summed E-state index contributed by atoms with van der Waals surface area (Å²) in [7, 11) is 3.59. The van der Waals surface area contributed by atoms with E-state index in [4.69, 9.17) is 0 Å². The van der Waals surface area contributed by atoms with E-state index in [1.54, 1.807) is 19.0 Å². The molecule has 1 aliphatic carbocycles. The molecule has 0 aromatic heterocycles. The summed E-state index contributed by atoms with van der Waals surface area (Å²) in [5.41, 5.74) is 0. The number of nitrogens with zero attached hydrogens (tertiary/aromatic N) is 1. The molecule has 88 valence electrons. The molecule has 0 aromatic carbocycles. The van der Waals surface area contributed by atoms with Crippen LogP contribution >= 0.6 is 0 Å². The molecule has 1 aliphatic rings. The Morgan fingerprint density at radius 3 is 2.73 bits per heavy atom. The Kier molecular flexibility index (Phi) is 4.92. The second-order valence-electron chi connectivity index (χ2n) is 4.86. The highest BCUT2D eigenvalue weighted by Crippen LogP contribution is 2.27. The van der Waals surface area contributed by atoms with Gasteiger partial charge in [0, 0.05) is 20.1 Å². The highest BCUT2D eigenvalue weighted by Gasteiger charge is 2.22. The van der Waals surface area contributed by atoms with Crippen molar-refractivity contribution in [2.75, 3.05) is 14.1 Å². The number of urea groups is 1. The van der Waals surface area contributed by atoms with Crippen LogP contribution in [0.4, 0.5) is 4.79 Å². The number of nitrogens with one attached hydrogen (secondary N) is 1. The third-order valence-electron chi connectivity index (χ3n) is 3.21. The maximum absolute atomic E-state index is 11.5. The Balaban J connectivity index is 2.32. The van der Waals surface area contributed by atoms with Crippen LogP contribution in [-0.4, -0.2) is 31.1 Å². The number of hydrogen-bond donors (Lipinski definition) is 1. The smallest absolute Gasteiger partial charge is 0.317 e. The Morgan fingerprint density at radius 1 is 1.40 bits per heavy atom. The SMILES string of the molecule is CCCC1CCCC(NC(=O)N(C)C)C1. The van der Waals surface area contributed by atoms with Crippen LogP contribution in [0.5, 0.6) is 0 Å². The highest BCUT2D eigenvalue weighted by atomic mass is 16.2. The third kappa shape index (κ3) is 4.10. The average Bonchev–Trinajstić information content (AvgIpc) is 2.18. The molecule has 0 bridgehead atoms. The van der Waals surface area contributed by atoms with Gasteiger partial charge in [0.1, 0.15) is 0 Å². The van der Waals surface area contributed by atoms with Gasteiger partial charge in [0.2, 0.25) is 0 Å². The largest absolute Gasteiger partial charge is 0.335 e. The zero-order valence-electron chi connectivity index (χ0n) is 10.3. The first kappa shape index (κ1) is 12.3. The minimum absolute atomic E-state index is 0.0529. The van der Waals surface area contributed by atoms with Crippen molar-refractivity contribution in [1.29, 1.82) is 0 Å². The number of amides is 2. The molecular formula is C12H24N2O. The molecule has 1 rings (SSSR count). The van der Waals surface area contributed by atoms with Crippen LogP contribution in [-0.2, 0) is 0 Å². The van der Waals surface area contributed by atoms with Gasteiger partial charge in [-0.05, 0) is 18.8 Å². The average molecular weight is 212 g/mol. The first-order valence-electron chi connectivity index (χ1n) is 6.11. The molecule has 1 N–H and O–H groups in total. The van der Waals surface area contributed by atoms with E-state index < -0.39 is 0 Å². The van der Waals surface area contributed by atoms with Gasteiger partial charge < -0.3 is 10.2 Å². The fraction of sp³-hybridized carbons (Fsp3) is 0.917. The van der Waals surface area contributed by atoms with Gasteiger partial charge in [-0.3, -0.25) is 0 Å². The summed E-state index contributed by atoms with van der Waals surface area (Å²) in [6.45, 7) is 2.24. The topological polar surface area (TPSA) is 32.3 Å². The Morgan fingerprint density at radius 2 is 2.13 bits per heavy atom. The maximum atomic E-state index is 11.5. The summed E-state index contributed by atoms with van der Waals surface area (Å²) in [6, 6.07) is 0.461.